The molecule has 15 heavy (non-hydrogen) atoms. The Morgan fingerprint density at radius 2 is 2.07 bits per heavy atom. The zero-order valence-corrected chi connectivity index (χ0v) is 9.82. The van der Waals surface area contributed by atoms with E-state index in [2.05, 4.69) is 11.9 Å². The van der Waals surface area contributed by atoms with Crippen molar-refractivity contribution >= 4 is 0 Å². The van der Waals surface area contributed by atoms with Gasteiger partial charge in [-0.05, 0) is 44.6 Å². The molecular formula is C12H24N2O. The van der Waals surface area contributed by atoms with Gasteiger partial charge in [-0.2, -0.15) is 0 Å². The van der Waals surface area contributed by atoms with Crippen molar-refractivity contribution in [2.75, 3.05) is 33.4 Å². The molecule has 1 unspecified atom stereocenters. The molecule has 0 aromatic carbocycles. The van der Waals surface area contributed by atoms with Crippen LogP contribution in [0.2, 0.25) is 0 Å². The highest BCUT2D eigenvalue weighted by molar-refractivity contribution is 4.87. The Morgan fingerprint density at radius 3 is 2.60 bits per heavy atom. The standard InChI is InChI=1S/C12H24N2O/c1-14(12(8-13)11-4-5-11)6-7-15-9-10-2-3-10/h10-12H,2-9,13H2,1H3. The highest BCUT2D eigenvalue weighted by atomic mass is 16.5. The van der Waals surface area contributed by atoms with E-state index in [1.807, 2.05) is 0 Å². The van der Waals surface area contributed by atoms with Gasteiger partial charge >= 0.3 is 0 Å². The first-order valence-corrected chi connectivity index (χ1v) is 6.29. The highest BCUT2D eigenvalue weighted by Gasteiger charge is 2.32. The minimum Gasteiger partial charge on any atom is -0.380 e. The van der Waals surface area contributed by atoms with Crippen LogP contribution >= 0.6 is 0 Å². The average molecular weight is 212 g/mol. The van der Waals surface area contributed by atoms with E-state index in [0.717, 1.165) is 38.1 Å². The molecule has 2 fully saturated rings. The van der Waals surface area contributed by atoms with Gasteiger partial charge in [0.1, 0.15) is 0 Å². The molecule has 2 saturated carbocycles. The lowest BCUT2D eigenvalue weighted by atomic mass is 10.1. The molecule has 0 bridgehead atoms. The van der Waals surface area contributed by atoms with Crippen molar-refractivity contribution < 1.29 is 4.74 Å². The lowest BCUT2D eigenvalue weighted by Gasteiger charge is -2.26. The van der Waals surface area contributed by atoms with Gasteiger partial charge in [0.05, 0.1) is 6.61 Å². The van der Waals surface area contributed by atoms with Gasteiger partial charge in [-0.3, -0.25) is 4.90 Å². The third-order valence-electron chi connectivity index (χ3n) is 3.61. The molecule has 2 aliphatic carbocycles. The maximum Gasteiger partial charge on any atom is 0.0593 e. The number of rotatable bonds is 8. The van der Waals surface area contributed by atoms with Crippen molar-refractivity contribution in [1.29, 1.82) is 0 Å². The van der Waals surface area contributed by atoms with Crippen LogP contribution in [0.15, 0.2) is 0 Å². The van der Waals surface area contributed by atoms with E-state index < -0.39 is 0 Å². The van der Waals surface area contributed by atoms with E-state index in [9.17, 15) is 0 Å². The second-order valence-corrected chi connectivity index (χ2v) is 5.14. The Hall–Kier alpha value is -0.120. The molecule has 88 valence electrons. The largest absolute Gasteiger partial charge is 0.380 e. The van der Waals surface area contributed by atoms with Gasteiger partial charge < -0.3 is 10.5 Å². The van der Waals surface area contributed by atoms with Gasteiger partial charge in [0.15, 0.2) is 0 Å². The Morgan fingerprint density at radius 1 is 1.33 bits per heavy atom. The molecule has 0 radical (unpaired) electrons. The molecule has 0 aliphatic heterocycles. The number of ether oxygens (including phenoxy) is 1. The van der Waals surface area contributed by atoms with Crippen LogP contribution in [0.4, 0.5) is 0 Å². The predicted octanol–water partition coefficient (Wildman–Crippen LogP) is 1.08. The summed E-state index contributed by atoms with van der Waals surface area (Å²) >= 11 is 0. The van der Waals surface area contributed by atoms with Crippen molar-refractivity contribution in [3.8, 4) is 0 Å². The van der Waals surface area contributed by atoms with E-state index in [1.165, 1.54) is 25.7 Å². The summed E-state index contributed by atoms with van der Waals surface area (Å²) in [6, 6.07) is 0.592. The molecule has 0 spiro atoms. The molecule has 0 amide bonds. The summed E-state index contributed by atoms with van der Waals surface area (Å²) < 4.78 is 5.64. The molecular weight excluding hydrogens is 188 g/mol. The van der Waals surface area contributed by atoms with Crippen molar-refractivity contribution in [2.24, 2.45) is 17.6 Å². The minimum absolute atomic E-state index is 0.592. The van der Waals surface area contributed by atoms with Crippen LogP contribution in [-0.4, -0.2) is 44.3 Å². The first-order valence-electron chi connectivity index (χ1n) is 6.29. The van der Waals surface area contributed by atoms with Crippen LogP contribution in [0.5, 0.6) is 0 Å². The number of nitrogens with two attached hydrogens (primary N) is 1. The molecule has 0 heterocycles. The highest BCUT2D eigenvalue weighted by Crippen LogP contribution is 2.34. The van der Waals surface area contributed by atoms with Crippen molar-refractivity contribution in [1.82, 2.24) is 4.90 Å². The monoisotopic (exact) mass is 212 g/mol. The van der Waals surface area contributed by atoms with E-state index in [-0.39, 0.29) is 0 Å². The molecule has 2 rings (SSSR count). The topological polar surface area (TPSA) is 38.5 Å². The van der Waals surface area contributed by atoms with Gasteiger partial charge in [0, 0.05) is 25.7 Å². The molecule has 0 saturated heterocycles. The zero-order valence-electron chi connectivity index (χ0n) is 9.82. The van der Waals surface area contributed by atoms with Gasteiger partial charge in [0.25, 0.3) is 0 Å². The first kappa shape index (κ1) is 11.4. The average Bonchev–Trinajstić information content (AvgIpc) is 3.06. The fourth-order valence-electron chi connectivity index (χ4n) is 2.12. The van der Waals surface area contributed by atoms with Gasteiger partial charge in [-0.25, -0.2) is 0 Å². The molecule has 2 N–H and O–H groups in total. The van der Waals surface area contributed by atoms with Crippen LogP contribution in [0.25, 0.3) is 0 Å². The normalized spacial score (nSPS) is 23.4. The van der Waals surface area contributed by atoms with Gasteiger partial charge in [-0.15, -0.1) is 0 Å². The fourth-order valence-corrected chi connectivity index (χ4v) is 2.12. The Kier molecular flexibility index (Phi) is 4.00. The van der Waals surface area contributed by atoms with Crippen LogP contribution in [0.3, 0.4) is 0 Å². The van der Waals surface area contributed by atoms with Gasteiger partial charge in [-0.1, -0.05) is 0 Å². The molecule has 3 nitrogen and oxygen atoms in total. The minimum atomic E-state index is 0.592. The molecule has 1 atom stereocenters. The van der Waals surface area contributed by atoms with Crippen LogP contribution in [-0.2, 0) is 4.74 Å². The van der Waals surface area contributed by atoms with E-state index in [4.69, 9.17) is 10.5 Å². The second kappa shape index (κ2) is 5.28. The lowest BCUT2D eigenvalue weighted by Crippen LogP contribution is -2.41. The smallest absolute Gasteiger partial charge is 0.0593 e. The Bertz CT molecular complexity index is 190. The molecule has 3 heteroatoms. The third kappa shape index (κ3) is 3.74. The van der Waals surface area contributed by atoms with Crippen molar-refractivity contribution in [3.05, 3.63) is 0 Å². The lowest BCUT2D eigenvalue weighted by molar-refractivity contribution is 0.0888. The van der Waals surface area contributed by atoms with E-state index >= 15 is 0 Å². The summed E-state index contributed by atoms with van der Waals surface area (Å²) in [5, 5.41) is 0. The van der Waals surface area contributed by atoms with Crippen LogP contribution < -0.4 is 5.73 Å². The summed E-state index contributed by atoms with van der Waals surface area (Å²) in [6.07, 6.45) is 5.50. The number of hydrogen-bond acceptors (Lipinski definition) is 3. The van der Waals surface area contributed by atoms with Crippen molar-refractivity contribution in [3.63, 3.8) is 0 Å². The maximum absolute atomic E-state index is 5.79. The zero-order chi connectivity index (χ0) is 10.7. The quantitative estimate of drug-likeness (QED) is 0.612. The molecule has 0 aromatic rings. The second-order valence-electron chi connectivity index (χ2n) is 5.14. The summed E-state index contributed by atoms with van der Waals surface area (Å²) in [5.41, 5.74) is 5.79. The fraction of sp³-hybridized carbons (Fsp3) is 1.00. The summed E-state index contributed by atoms with van der Waals surface area (Å²) in [4.78, 5) is 2.38. The summed E-state index contributed by atoms with van der Waals surface area (Å²) in [7, 11) is 2.18. The van der Waals surface area contributed by atoms with Crippen LogP contribution in [0.1, 0.15) is 25.7 Å². The summed E-state index contributed by atoms with van der Waals surface area (Å²) in [5.74, 6) is 1.74. The number of nitrogens with zero attached hydrogens (tertiary/aromatic N) is 1. The SMILES string of the molecule is CN(CCOCC1CC1)C(CN)C1CC1. The van der Waals surface area contributed by atoms with Crippen LogP contribution in [0, 0.1) is 11.8 Å². The van der Waals surface area contributed by atoms with Crippen molar-refractivity contribution in [2.45, 2.75) is 31.7 Å². The third-order valence-corrected chi connectivity index (χ3v) is 3.61. The predicted molar refractivity (Wildman–Crippen MR) is 61.7 cm³/mol. The summed E-state index contributed by atoms with van der Waals surface area (Å²) in [6.45, 7) is 3.68. The number of hydrogen-bond donors (Lipinski definition) is 1. The Balaban J connectivity index is 1.55. The maximum atomic E-state index is 5.79. The van der Waals surface area contributed by atoms with E-state index in [1.54, 1.807) is 0 Å². The van der Waals surface area contributed by atoms with E-state index in [0.29, 0.717) is 6.04 Å². The first-order chi connectivity index (χ1) is 7.31. The molecule has 0 aromatic heterocycles. The molecule has 2 aliphatic rings. The van der Waals surface area contributed by atoms with Gasteiger partial charge in [0.2, 0.25) is 0 Å². The number of likely N-dealkylation sites (N-methyl/N-ethyl adjacent to an activating group) is 1. The Labute approximate surface area is 93.0 Å².